The number of ether oxygens (including phenoxy) is 6. The van der Waals surface area contributed by atoms with Crippen LogP contribution in [0.1, 0.15) is 209 Å². The van der Waals surface area contributed by atoms with E-state index >= 15 is 19.2 Å². The van der Waals surface area contributed by atoms with Gasteiger partial charge >= 0.3 is 36.4 Å². The van der Waals surface area contributed by atoms with Gasteiger partial charge in [0.1, 0.15) is 95.0 Å². The minimum absolute atomic E-state index is 0.137. The summed E-state index contributed by atoms with van der Waals surface area (Å²) in [5.41, 5.74) is -5.61. The fourth-order valence-corrected chi connectivity index (χ4v) is 10.9. The monoisotopic (exact) mass is 1720 g/mol. The Morgan fingerprint density at radius 3 is 1.30 bits per heavy atom. The number of benzene rings is 1. The zero-order chi connectivity index (χ0) is 92.3. The zero-order valence-corrected chi connectivity index (χ0v) is 74.0. The number of hydrogen-bond acceptors (Lipinski definition) is 25. The van der Waals surface area contributed by atoms with Gasteiger partial charge in [0.15, 0.2) is 0 Å². The second-order valence-corrected chi connectivity index (χ2v) is 35.3. The Hall–Kier alpha value is -10.9. The predicted molar refractivity (Wildman–Crippen MR) is 439 cm³/mol. The maximum absolute atomic E-state index is 15.4. The van der Waals surface area contributed by atoms with Crippen molar-refractivity contribution in [1.82, 2.24) is 85.1 Å². The Morgan fingerprint density at radius 1 is 0.463 bits per heavy atom. The van der Waals surface area contributed by atoms with Gasteiger partial charge in [0.2, 0.25) is 65.0 Å². The van der Waals surface area contributed by atoms with Gasteiger partial charge in [-0.1, -0.05) is 51.1 Å². The molecule has 1 aliphatic heterocycles. The van der Waals surface area contributed by atoms with Gasteiger partial charge < -0.3 is 124 Å². The quantitative estimate of drug-likeness (QED) is 0.0353. The summed E-state index contributed by atoms with van der Waals surface area (Å²) in [5, 5.41) is 62.4. The average Bonchev–Trinajstić information content (AvgIpc) is 1.09. The molecule has 12 atom stereocenters. The van der Waals surface area contributed by atoms with Crippen LogP contribution in [0.4, 0.5) is 24.0 Å². The number of aliphatic hydroxyl groups is 2. The summed E-state index contributed by atoms with van der Waals surface area (Å²) in [5.74, 6) is -13.5. The van der Waals surface area contributed by atoms with Gasteiger partial charge in [-0.2, -0.15) is 0 Å². The maximum Gasteiger partial charge on any atom is 0.407 e. The largest absolute Gasteiger partial charge is 0.465 e. The second kappa shape index (κ2) is 49.1. The lowest BCUT2D eigenvalue weighted by Gasteiger charge is -2.29. The summed E-state index contributed by atoms with van der Waals surface area (Å²) < 4.78 is 32.2. The average molecular weight is 1720 g/mol. The van der Waals surface area contributed by atoms with Crippen LogP contribution >= 0.6 is 0 Å². The van der Waals surface area contributed by atoms with Gasteiger partial charge in [0, 0.05) is 39.1 Å². The highest BCUT2D eigenvalue weighted by atomic mass is 16.6. The molecule has 41 nitrogen and oxygen atoms in total. The molecule has 0 saturated carbocycles. The molecule has 0 spiro atoms. The number of nitrogens with one attached hydrogen (secondary N) is 16. The third-order valence-electron chi connectivity index (χ3n) is 17.2. The lowest BCUT2D eigenvalue weighted by molar-refractivity contribution is -0.154. The van der Waals surface area contributed by atoms with Crippen molar-refractivity contribution in [3.8, 4) is 0 Å². The maximum atomic E-state index is 15.4. The Kier molecular flexibility index (Phi) is 43.1. The van der Waals surface area contributed by atoms with Crippen LogP contribution in [-0.4, -0.2) is 258 Å². The number of alkyl carbamates (subject to hydrolysis) is 5. The molecule has 41 heteroatoms. The van der Waals surface area contributed by atoms with E-state index in [-0.39, 0.29) is 19.4 Å². The molecule has 1 fully saturated rings. The molecular weight excluding hydrogens is 1580 g/mol. The molecule has 1 heterocycles. The number of carbonyl (C=O) groups is 17. The van der Waals surface area contributed by atoms with E-state index in [1.165, 1.54) is 0 Å². The fourth-order valence-electron chi connectivity index (χ4n) is 10.9. The molecule has 121 heavy (non-hydrogen) atoms. The van der Waals surface area contributed by atoms with Gasteiger partial charge in [0.25, 0.3) is 0 Å². The number of carbonyl (C=O) groups excluding carboxylic acids is 17. The Bertz CT molecular complexity index is 3680. The van der Waals surface area contributed by atoms with Crippen LogP contribution in [-0.2, 0) is 92.4 Å². The van der Waals surface area contributed by atoms with E-state index in [1.54, 1.807) is 169 Å². The van der Waals surface area contributed by atoms with Crippen LogP contribution in [0.25, 0.3) is 0 Å². The molecular formula is C80H134N16O25. The van der Waals surface area contributed by atoms with Crippen LogP contribution in [0, 0.1) is 11.3 Å². The first-order valence-electron chi connectivity index (χ1n) is 40.5. The highest BCUT2D eigenvalue weighted by Crippen LogP contribution is 2.22. The van der Waals surface area contributed by atoms with Crippen LogP contribution < -0.4 is 85.1 Å². The summed E-state index contributed by atoms with van der Waals surface area (Å²) in [4.78, 5) is 241. The summed E-state index contributed by atoms with van der Waals surface area (Å²) in [6.45, 7) is 30.6. The molecule has 18 N–H and O–H groups in total. The van der Waals surface area contributed by atoms with Gasteiger partial charge in [-0.15, -0.1) is 0 Å². The predicted octanol–water partition coefficient (Wildman–Crippen LogP) is 0.958. The van der Waals surface area contributed by atoms with Crippen molar-refractivity contribution in [3.63, 3.8) is 0 Å². The lowest BCUT2D eigenvalue weighted by Crippen LogP contribution is -2.62. The number of rotatable bonds is 32. The molecule has 0 radical (unpaired) electrons. The van der Waals surface area contributed by atoms with Crippen LogP contribution in [0.3, 0.4) is 0 Å². The normalized spacial score (nSPS) is 19.7. The first kappa shape index (κ1) is 106. The van der Waals surface area contributed by atoms with Gasteiger partial charge in [-0.3, -0.25) is 57.5 Å². The fraction of sp³-hybridized carbons (Fsp3) is 0.713. The minimum Gasteiger partial charge on any atom is -0.465 e. The Labute approximate surface area is 707 Å². The molecule has 684 valence electrons. The lowest BCUT2D eigenvalue weighted by atomic mass is 9.91. The van der Waals surface area contributed by atoms with E-state index in [2.05, 4.69) is 85.1 Å². The van der Waals surface area contributed by atoms with E-state index in [4.69, 9.17) is 28.4 Å². The van der Waals surface area contributed by atoms with Gasteiger partial charge in [-0.05, 0) is 188 Å². The topological polar surface area (TPSA) is 579 Å². The molecule has 1 aromatic carbocycles. The molecule has 16 amide bonds. The summed E-state index contributed by atoms with van der Waals surface area (Å²) >= 11 is 0. The van der Waals surface area contributed by atoms with Crippen LogP contribution in [0.5, 0.6) is 0 Å². The summed E-state index contributed by atoms with van der Waals surface area (Å²) in [6.07, 6.45) is -11.8. The third kappa shape index (κ3) is 44.3. The van der Waals surface area contributed by atoms with Crippen LogP contribution in [0.15, 0.2) is 30.3 Å². The van der Waals surface area contributed by atoms with Crippen LogP contribution in [0.2, 0.25) is 0 Å². The molecule has 1 saturated heterocycles. The highest BCUT2D eigenvalue weighted by Gasteiger charge is 2.40. The molecule has 0 bridgehead atoms. The van der Waals surface area contributed by atoms with Crippen molar-refractivity contribution in [1.29, 1.82) is 0 Å². The number of esters is 1. The standard InChI is InChI=1S/C80H134N16O25/c1-23-80(21,22)69(110)116-40-34-56(99)87-55(43-86-74(115)121-79(18,19)20)66(107)96-58(46(5)98)68(109)92-51(32-38-84-72(113)119-77(12,13)14)61(102)88-48-29-35-81-67(108)57(45(4)97)95-63(104)52(33-39-85-73(114)120-78(15,16)17)90-60(101)49(30-36-82-70(111)117-75(6,7)8)91-64(105)53(41-44(2)3)93-65(106)54(42-47-27-25-24-26-28-47)94-62(103)50(89-59(48)100)31-37-83-71(112)118-76(9,10)11/h24-28,44-46,48-55,57-58,97-98H,23,29-43H2,1-22H3,(H,81,108)(H,82,111)(H,83,112)(H,84,113)(H,85,114)(H,86,115)(H,87,99)(H,88,102)(H,89,100)(H,90,101)(H,91,105)(H,92,109)(H,93,106)(H,94,103)(H,95,104)(H,96,107)/t45?,46?,48-,49-,50-,51-,52-,53-,54+,55-,57-,58-/m0/s1. The number of hydrogen-bond donors (Lipinski definition) is 18. The van der Waals surface area contributed by atoms with E-state index in [1.807, 2.05) is 0 Å². The van der Waals surface area contributed by atoms with Crippen molar-refractivity contribution in [2.45, 2.75) is 311 Å². The van der Waals surface area contributed by atoms with E-state index < -0.39 is 291 Å². The molecule has 1 aromatic rings. The van der Waals surface area contributed by atoms with E-state index in [0.29, 0.717) is 12.0 Å². The SMILES string of the molecule is CCC(C)(C)C(=O)OCCC(=O)N[C@@H](CNC(=O)OC(C)(C)C)C(=O)N[C@H](C(=O)N[C@@H](CCNC(=O)OC(C)(C)C)C(=O)N[C@H]1CCNC(=O)[C@H](C(C)O)NC(=O)[C@H](CCNC(=O)OC(C)(C)C)NC(=O)[C@H](CCNC(=O)OC(C)(C)C)NC(=O)[C@H](CC(C)C)NC(=O)[C@@H](Cc2ccccc2)NC(=O)[C@H](CCNC(=O)OC(C)(C)C)NC1=O)C(C)O. The smallest absolute Gasteiger partial charge is 0.407 e. The molecule has 0 aliphatic carbocycles. The first-order chi connectivity index (χ1) is 55.8. The molecule has 2 unspecified atom stereocenters. The molecule has 0 aromatic heterocycles. The van der Waals surface area contributed by atoms with E-state index in [0.717, 1.165) is 13.8 Å². The number of amides is 16. The summed E-state index contributed by atoms with van der Waals surface area (Å²) in [6, 6.07) is -9.96. The zero-order valence-electron chi connectivity index (χ0n) is 74.0. The van der Waals surface area contributed by atoms with Crippen molar-refractivity contribution < 1.29 is 120 Å². The Morgan fingerprint density at radius 2 is 0.868 bits per heavy atom. The Balaban J connectivity index is 3.12. The highest BCUT2D eigenvalue weighted by molar-refractivity contribution is 6.00. The van der Waals surface area contributed by atoms with E-state index in [9.17, 15) is 72.5 Å². The first-order valence-corrected chi connectivity index (χ1v) is 40.5. The van der Waals surface area contributed by atoms with Gasteiger partial charge in [0.05, 0.1) is 30.6 Å². The second-order valence-electron chi connectivity index (χ2n) is 35.3. The number of aliphatic hydroxyl groups excluding tert-OH is 2. The third-order valence-corrected chi connectivity index (χ3v) is 17.2. The minimum atomic E-state index is -2.06. The van der Waals surface area contributed by atoms with Gasteiger partial charge in [-0.25, -0.2) is 24.0 Å². The molecule has 2 rings (SSSR count). The van der Waals surface area contributed by atoms with Crippen molar-refractivity contribution >= 4 is 101 Å². The molecule has 1 aliphatic rings. The van der Waals surface area contributed by atoms with Crippen molar-refractivity contribution in [2.24, 2.45) is 11.3 Å². The van der Waals surface area contributed by atoms with Crippen molar-refractivity contribution in [3.05, 3.63) is 35.9 Å². The summed E-state index contributed by atoms with van der Waals surface area (Å²) in [7, 11) is 0. The van der Waals surface area contributed by atoms with Crippen molar-refractivity contribution in [2.75, 3.05) is 45.9 Å².